The molecule has 0 aliphatic heterocycles. The van der Waals surface area contributed by atoms with Gasteiger partial charge in [-0.3, -0.25) is 10.1 Å². The van der Waals surface area contributed by atoms with Crippen molar-refractivity contribution in [3.8, 4) is 12.3 Å². The summed E-state index contributed by atoms with van der Waals surface area (Å²) < 4.78 is 26.2. The number of benzene rings is 1. The third-order valence-electron chi connectivity index (χ3n) is 2.81. The molecule has 21 heavy (non-hydrogen) atoms. The molecule has 1 rings (SSSR count). The highest BCUT2D eigenvalue weighted by atomic mass is 32.2. The van der Waals surface area contributed by atoms with Crippen molar-refractivity contribution < 1.29 is 23.6 Å². The van der Waals surface area contributed by atoms with Gasteiger partial charge in [0.25, 0.3) is 5.69 Å². The van der Waals surface area contributed by atoms with Crippen LogP contribution in [0.25, 0.3) is 0 Å². The van der Waals surface area contributed by atoms with Gasteiger partial charge in [0.15, 0.2) is 0 Å². The maximum Gasteiger partial charge on any atom is 0.269 e. The lowest BCUT2D eigenvalue weighted by molar-refractivity contribution is -0.384. The fourth-order valence-electron chi connectivity index (χ4n) is 1.43. The van der Waals surface area contributed by atoms with Crippen LogP contribution < -0.4 is 4.72 Å². The number of terminal acetylenes is 1. The number of aliphatic hydroxyl groups is 2. The van der Waals surface area contributed by atoms with Crippen molar-refractivity contribution in [2.24, 2.45) is 0 Å². The largest absolute Gasteiger partial charge is 0.395 e. The van der Waals surface area contributed by atoms with E-state index in [4.69, 9.17) is 11.5 Å². The van der Waals surface area contributed by atoms with Gasteiger partial charge in [0.2, 0.25) is 10.0 Å². The normalized spacial score (nSPS) is 15.7. The van der Waals surface area contributed by atoms with Crippen LogP contribution in [0.15, 0.2) is 29.2 Å². The Hall–Kier alpha value is -1.99. The minimum atomic E-state index is -4.10. The van der Waals surface area contributed by atoms with Crippen LogP contribution in [-0.2, 0) is 10.0 Å². The Labute approximate surface area is 121 Å². The summed E-state index contributed by atoms with van der Waals surface area (Å²) in [5.41, 5.74) is -2.15. The molecule has 0 fully saturated rings. The number of nitrogens with one attached hydrogen (secondary N) is 1. The fourth-order valence-corrected chi connectivity index (χ4v) is 2.74. The zero-order chi connectivity index (χ0) is 16.3. The van der Waals surface area contributed by atoms with Gasteiger partial charge < -0.3 is 10.2 Å². The van der Waals surface area contributed by atoms with E-state index in [1.165, 1.54) is 6.92 Å². The monoisotopic (exact) mass is 314 g/mol. The molecule has 8 nitrogen and oxygen atoms in total. The first-order valence-electron chi connectivity index (χ1n) is 5.72. The lowest BCUT2D eigenvalue weighted by Crippen LogP contribution is -2.52. The molecule has 0 unspecified atom stereocenters. The smallest absolute Gasteiger partial charge is 0.269 e. The van der Waals surface area contributed by atoms with Crippen LogP contribution in [0.1, 0.15) is 6.92 Å². The molecule has 0 heterocycles. The molecule has 114 valence electrons. The van der Waals surface area contributed by atoms with Crippen molar-refractivity contribution >= 4 is 15.7 Å². The first kappa shape index (κ1) is 17.1. The number of hydrogen-bond acceptors (Lipinski definition) is 6. The Kier molecular flexibility index (Phi) is 5.03. The number of non-ortho nitro benzene ring substituents is 1. The van der Waals surface area contributed by atoms with Crippen LogP contribution in [0.2, 0.25) is 0 Å². The second kappa shape index (κ2) is 6.19. The molecule has 1 aromatic rings. The van der Waals surface area contributed by atoms with E-state index in [-0.39, 0.29) is 10.6 Å². The van der Waals surface area contributed by atoms with Gasteiger partial charge in [-0.2, -0.15) is 0 Å². The van der Waals surface area contributed by atoms with E-state index in [0.29, 0.717) is 0 Å². The standard InChI is InChI=1S/C12H14N2O6S/c1-3-12(2,16)11(8-15)13-21(19,20)10-6-4-9(5-7-10)14(17)18/h1,4-7,11,13,15-16H,8H2,2H3/t11-,12-/m1/s1. The molecule has 0 aliphatic carbocycles. The quantitative estimate of drug-likeness (QED) is 0.373. The highest BCUT2D eigenvalue weighted by molar-refractivity contribution is 7.89. The van der Waals surface area contributed by atoms with E-state index in [1.54, 1.807) is 0 Å². The Morgan fingerprint density at radius 2 is 2.00 bits per heavy atom. The summed E-state index contributed by atoms with van der Waals surface area (Å²) in [5.74, 6) is 1.97. The molecular formula is C12H14N2O6S. The first-order chi connectivity index (χ1) is 9.64. The van der Waals surface area contributed by atoms with Gasteiger partial charge in [0.1, 0.15) is 5.60 Å². The van der Waals surface area contributed by atoms with Crippen LogP contribution >= 0.6 is 0 Å². The highest BCUT2D eigenvalue weighted by Crippen LogP contribution is 2.17. The molecule has 9 heteroatoms. The summed E-state index contributed by atoms with van der Waals surface area (Å²) in [7, 11) is -4.10. The van der Waals surface area contributed by atoms with E-state index in [9.17, 15) is 23.6 Å². The van der Waals surface area contributed by atoms with Gasteiger partial charge in [0.05, 0.1) is 22.5 Å². The summed E-state index contributed by atoms with van der Waals surface area (Å²) in [6.45, 7) is 0.454. The molecule has 0 saturated heterocycles. The predicted octanol–water partition coefficient (Wildman–Crippen LogP) is -0.382. The van der Waals surface area contributed by atoms with Crippen molar-refractivity contribution in [2.45, 2.75) is 23.5 Å². The topological polar surface area (TPSA) is 130 Å². The molecule has 0 aliphatic rings. The minimum Gasteiger partial charge on any atom is -0.395 e. The molecule has 0 bridgehead atoms. The second-order valence-electron chi connectivity index (χ2n) is 4.40. The number of sulfonamides is 1. The van der Waals surface area contributed by atoms with Crippen LogP contribution in [0.4, 0.5) is 5.69 Å². The zero-order valence-corrected chi connectivity index (χ0v) is 11.9. The summed E-state index contributed by atoms with van der Waals surface area (Å²) in [5, 5.41) is 29.5. The molecule has 0 saturated carbocycles. The average molecular weight is 314 g/mol. The first-order valence-corrected chi connectivity index (χ1v) is 7.20. The van der Waals surface area contributed by atoms with E-state index in [1.807, 2.05) is 5.92 Å². The Morgan fingerprint density at radius 1 is 1.48 bits per heavy atom. The van der Waals surface area contributed by atoms with Crippen LogP contribution in [0, 0.1) is 22.5 Å². The van der Waals surface area contributed by atoms with E-state index >= 15 is 0 Å². The Bertz CT molecular complexity index is 660. The number of rotatable bonds is 6. The fraction of sp³-hybridized carbons (Fsp3) is 0.333. The summed E-state index contributed by atoms with van der Waals surface area (Å²) in [6.07, 6.45) is 5.07. The molecule has 2 atom stereocenters. The summed E-state index contributed by atoms with van der Waals surface area (Å²) >= 11 is 0. The highest BCUT2D eigenvalue weighted by Gasteiger charge is 2.33. The van der Waals surface area contributed by atoms with Crippen molar-refractivity contribution in [3.05, 3.63) is 34.4 Å². The second-order valence-corrected chi connectivity index (χ2v) is 6.11. The van der Waals surface area contributed by atoms with Crippen LogP contribution in [0.3, 0.4) is 0 Å². The van der Waals surface area contributed by atoms with Crippen molar-refractivity contribution in [2.75, 3.05) is 6.61 Å². The lowest BCUT2D eigenvalue weighted by Gasteiger charge is -2.27. The lowest BCUT2D eigenvalue weighted by atomic mass is 9.99. The van der Waals surface area contributed by atoms with Gasteiger partial charge in [-0.05, 0) is 19.1 Å². The number of nitro groups is 1. The third kappa shape index (κ3) is 3.99. The Balaban J connectivity index is 3.06. The van der Waals surface area contributed by atoms with Gasteiger partial charge >= 0.3 is 0 Å². The SMILES string of the molecule is C#C[C@@](C)(O)[C@@H](CO)NS(=O)(=O)c1ccc([N+](=O)[O-])cc1. The molecule has 3 N–H and O–H groups in total. The predicted molar refractivity (Wildman–Crippen MR) is 73.7 cm³/mol. The zero-order valence-electron chi connectivity index (χ0n) is 11.1. The maximum atomic E-state index is 12.1. The number of aliphatic hydroxyl groups excluding tert-OH is 1. The summed E-state index contributed by atoms with van der Waals surface area (Å²) in [4.78, 5) is 9.59. The number of hydrogen-bond donors (Lipinski definition) is 3. The molecule has 1 aromatic carbocycles. The van der Waals surface area contributed by atoms with E-state index in [0.717, 1.165) is 24.3 Å². The average Bonchev–Trinajstić information content (AvgIpc) is 2.44. The van der Waals surface area contributed by atoms with Gasteiger partial charge in [-0.1, -0.05) is 5.92 Å². The van der Waals surface area contributed by atoms with Crippen LogP contribution in [-0.4, -0.2) is 41.8 Å². The molecule has 0 spiro atoms. The summed E-state index contributed by atoms with van der Waals surface area (Å²) in [6, 6.07) is 2.82. The van der Waals surface area contributed by atoms with Gasteiger partial charge in [-0.25, -0.2) is 13.1 Å². The van der Waals surface area contributed by atoms with E-state index in [2.05, 4.69) is 4.72 Å². The van der Waals surface area contributed by atoms with Crippen LogP contribution in [0.5, 0.6) is 0 Å². The molecule has 0 aromatic heterocycles. The minimum absolute atomic E-state index is 0.251. The maximum absolute atomic E-state index is 12.1. The number of nitro benzene ring substituents is 1. The van der Waals surface area contributed by atoms with Crippen molar-refractivity contribution in [1.29, 1.82) is 0 Å². The van der Waals surface area contributed by atoms with Crippen molar-refractivity contribution in [3.63, 3.8) is 0 Å². The third-order valence-corrected chi connectivity index (χ3v) is 4.30. The van der Waals surface area contributed by atoms with E-state index < -0.39 is 33.2 Å². The molecule has 0 amide bonds. The number of nitrogens with zero attached hydrogens (tertiary/aromatic N) is 1. The van der Waals surface area contributed by atoms with Gasteiger partial charge in [0, 0.05) is 12.1 Å². The molecular weight excluding hydrogens is 300 g/mol. The molecule has 0 radical (unpaired) electrons. The van der Waals surface area contributed by atoms with Crippen molar-refractivity contribution in [1.82, 2.24) is 4.72 Å². The van der Waals surface area contributed by atoms with Gasteiger partial charge in [-0.15, -0.1) is 6.42 Å². The Morgan fingerprint density at radius 3 is 2.38 bits per heavy atom.